The van der Waals surface area contributed by atoms with E-state index in [2.05, 4.69) is 15.2 Å². The summed E-state index contributed by atoms with van der Waals surface area (Å²) in [5.41, 5.74) is 1.61. The molecule has 1 atom stereocenters. The van der Waals surface area contributed by atoms with Gasteiger partial charge in [0.15, 0.2) is 0 Å². The summed E-state index contributed by atoms with van der Waals surface area (Å²) in [6.07, 6.45) is 1.42. The van der Waals surface area contributed by atoms with Crippen LogP contribution in [0.1, 0.15) is 36.0 Å². The summed E-state index contributed by atoms with van der Waals surface area (Å²) in [6.45, 7) is 4.13. The molecule has 1 aliphatic rings. The van der Waals surface area contributed by atoms with E-state index < -0.39 is 10.0 Å². The minimum Gasteiger partial charge on any atom is -0.339 e. The molecule has 10 heteroatoms. The van der Waals surface area contributed by atoms with Gasteiger partial charge in [-0.05, 0) is 38.8 Å². The topological polar surface area (TPSA) is 94.1 Å². The first-order valence-corrected chi connectivity index (χ1v) is 10.8. The lowest BCUT2D eigenvalue weighted by Gasteiger charge is -2.30. The molecule has 1 fully saturated rings. The second-order valence-corrected chi connectivity index (χ2v) is 9.17. The Kier molecular flexibility index (Phi) is 4.99. The summed E-state index contributed by atoms with van der Waals surface area (Å²) < 4.78 is 48.4. The first-order chi connectivity index (χ1) is 13.8. The fourth-order valence-electron chi connectivity index (χ4n) is 3.76. The van der Waals surface area contributed by atoms with Crippen LogP contribution in [0.4, 0.5) is 4.39 Å². The SMILES string of the molecule is Cc1nn(C)c(C)c1S(=O)(=O)N1CCCC(c2nc(-c3cccc(F)c3)no2)C1. The van der Waals surface area contributed by atoms with Crippen molar-refractivity contribution in [3.8, 4) is 11.4 Å². The molecule has 8 nitrogen and oxygen atoms in total. The van der Waals surface area contributed by atoms with Gasteiger partial charge in [0.2, 0.25) is 21.7 Å². The number of nitrogens with zero attached hydrogens (tertiary/aromatic N) is 5. The zero-order valence-electron chi connectivity index (χ0n) is 16.5. The van der Waals surface area contributed by atoms with Crippen molar-refractivity contribution >= 4 is 10.0 Å². The highest BCUT2D eigenvalue weighted by Gasteiger charge is 2.36. The average Bonchev–Trinajstić information content (AvgIpc) is 3.27. The molecular formula is C19H22FN5O3S. The summed E-state index contributed by atoms with van der Waals surface area (Å²) >= 11 is 0. The average molecular weight is 419 g/mol. The lowest BCUT2D eigenvalue weighted by molar-refractivity contribution is 0.265. The largest absolute Gasteiger partial charge is 0.339 e. The molecule has 0 bridgehead atoms. The van der Waals surface area contributed by atoms with Gasteiger partial charge in [-0.25, -0.2) is 12.8 Å². The van der Waals surface area contributed by atoms with Gasteiger partial charge in [0.05, 0.1) is 17.3 Å². The highest BCUT2D eigenvalue weighted by atomic mass is 32.2. The molecule has 0 radical (unpaired) electrons. The van der Waals surface area contributed by atoms with Crippen molar-refractivity contribution in [1.29, 1.82) is 0 Å². The van der Waals surface area contributed by atoms with E-state index in [4.69, 9.17) is 4.52 Å². The molecular weight excluding hydrogens is 397 g/mol. The Bertz CT molecular complexity index is 1150. The third-order valence-corrected chi connectivity index (χ3v) is 7.42. The first kappa shape index (κ1) is 19.7. The maximum atomic E-state index is 13.5. The fourth-order valence-corrected chi connectivity index (χ4v) is 5.69. The number of sulfonamides is 1. The van der Waals surface area contributed by atoms with E-state index in [-0.39, 0.29) is 23.2 Å². The van der Waals surface area contributed by atoms with E-state index in [1.165, 1.54) is 16.4 Å². The van der Waals surface area contributed by atoms with Gasteiger partial charge in [-0.3, -0.25) is 4.68 Å². The molecule has 3 heterocycles. The first-order valence-electron chi connectivity index (χ1n) is 9.37. The van der Waals surface area contributed by atoms with E-state index in [9.17, 15) is 12.8 Å². The van der Waals surface area contributed by atoms with Crippen LogP contribution >= 0.6 is 0 Å². The van der Waals surface area contributed by atoms with Crippen LogP contribution in [0.2, 0.25) is 0 Å². The highest BCUT2D eigenvalue weighted by Crippen LogP contribution is 2.32. The predicted molar refractivity (Wildman–Crippen MR) is 103 cm³/mol. The Morgan fingerprint density at radius 3 is 2.76 bits per heavy atom. The molecule has 4 rings (SSSR count). The van der Waals surface area contributed by atoms with Gasteiger partial charge in [0.1, 0.15) is 10.7 Å². The maximum absolute atomic E-state index is 13.5. The second kappa shape index (κ2) is 7.34. The van der Waals surface area contributed by atoms with E-state index in [1.807, 2.05) is 0 Å². The number of rotatable bonds is 4. The summed E-state index contributed by atoms with van der Waals surface area (Å²) in [7, 11) is -1.95. The Labute approximate surface area is 168 Å². The molecule has 154 valence electrons. The molecule has 0 saturated carbocycles. The van der Waals surface area contributed by atoms with Crippen LogP contribution in [-0.4, -0.2) is 45.7 Å². The molecule has 0 spiro atoms. The van der Waals surface area contributed by atoms with Crippen molar-refractivity contribution < 1.29 is 17.3 Å². The van der Waals surface area contributed by atoms with Crippen molar-refractivity contribution in [1.82, 2.24) is 24.2 Å². The zero-order chi connectivity index (χ0) is 20.8. The van der Waals surface area contributed by atoms with Crippen LogP contribution in [-0.2, 0) is 17.1 Å². The van der Waals surface area contributed by atoms with E-state index >= 15 is 0 Å². The third kappa shape index (κ3) is 3.58. The second-order valence-electron chi connectivity index (χ2n) is 7.29. The van der Waals surface area contributed by atoms with E-state index in [0.29, 0.717) is 41.6 Å². The standard InChI is InChI=1S/C19H22FN5O3S/c1-12-17(13(2)24(3)22-12)29(26,27)25-9-5-7-15(11-25)19-21-18(23-28-19)14-6-4-8-16(20)10-14/h4,6,8,10,15H,5,7,9,11H2,1-3H3. The smallest absolute Gasteiger partial charge is 0.246 e. The Hall–Kier alpha value is -2.59. The number of hydrogen-bond donors (Lipinski definition) is 0. The van der Waals surface area contributed by atoms with Crippen LogP contribution in [0.3, 0.4) is 0 Å². The van der Waals surface area contributed by atoms with Gasteiger partial charge in [-0.15, -0.1) is 0 Å². The highest BCUT2D eigenvalue weighted by molar-refractivity contribution is 7.89. The summed E-state index contributed by atoms with van der Waals surface area (Å²) in [6, 6.07) is 5.95. The van der Waals surface area contributed by atoms with Gasteiger partial charge < -0.3 is 4.52 Å². The molecule has 0 N–H and O–H groups in total. The Morgan fingerprint density at radius 2 is 2.07 bits per heavy atom. The molecule has 29 heavy (non-hydrogen) atoms. The van der Waals surface area contributed by atoms with Crippen LogP contribution in [0, 0.1) is 19.7 Å². The fraction of sp³-hybridized carbons (Fsp3) is 0.421. The van der Waals surface area contributed by atoms with Crippen molar-refractivity contribution in [3.63, 3.8) is 0 Å². The normalized spacial score (nSPS) is 18.3. The Morgan fingerprint density at radius 1 is 1.28 bits per heavy atom. The van der Waals surface area contributed by atoms with E-state index in [0.717, 1.165) is 6.42 Å². The maximum Gasteiger partial charge on any atom is 0.246 e. The quantitative estimate of drug-likeness (QED) is 0.645. The lowest BCUT2D eigenvalue weighted by atomic mass is 10.00. The Balaban J connectivity index is 1.59. The van der Waals surface area contributed by atoms with Crippen LogP contribution in [0.25, 0.3) is 11.4 Å². The molecule has 0 aliphatic carbocycles. The molecule has 2 aromatic heterocycles. The molecule has 1 saturated heterocycles. The van der Waals surface area contributed by atoms with Gasteiger partial charge in [-0.1, -0.05) is 17.3 Å². The van der Waals surface area contributed by atoms with Crippen molar-refractivity contribution in [2.45, 2.75) is 37.5 Å². The minimum atomic E-state index is -3.68. The summed E-state index contributed by atoms with van der Waals surface area (Å²) in [4.78, 5) is 4.65. The van der Waals surface area contributed by atoms with Crippen LogP contribution in [0.15, 0.2) is 33.7 Å². The van der Waals surface area contributed by atoms with E-state index in [1.54, 1.807) is 37.7 Å². The number of hydrogen-bond acceptors (Lipinski definition) is 6. The molecule has 0 amide bonds. The van der Waals surface area contributed by atoms with Crippen molar-refractivity contribution in [2.75, 3.05) is 13.1 Å². The number of benzene rings is 1. The van der Waals surface area contributed by atoms with Gasteiger partial charge >= 0.3 is 0 Å². The number of piperidine rings is 1. The van der Waals surface area contributed by atoms with Crippen LogP contribution < -0.4 is 0 Å². The van der Waals surface area contributed by atoms with Crippen molar-refractivity contribution in [2.24, 2.45) is 7.05 Å². The minimum absolute atomic E-state index is 0.217. The molecule has 1 unspecified atom stereocenters. The number of aryl methyl sites for hydroxylation is 2. The van der Waals surface area contributed by atoms with Crippen LogP contribution in [0.5, 0.6) is 0 Å². The number of aromatic nitrogens is 4. The third-order valence-electron chi connectivity index (χ3n) is 5.30. The number of halogens is 1. The van der Waals surface area contributed by atoms with Gasteiger partial charge in [-0.2, -0.15) is 14.4 Å². The van der Waals surface area contributed by atoms with Crippen molar-refractivity contribution in [3.05, 3.63) is 47.4 Å². The predicted octanol–water partition coefficient (Wildman–Crippen LogP) is 2.79. The zero-order valence-corrected chi connectivity index (χ0v) is 17.3. The molecule has 1 aromatic carbocycles. The molecule has 1 aliphatic heterocycles. The summed E-state index contributed by atoms with van der Waals surface area (Å²) in [5.74, 6) is 0.0545. The monoisotopic (exact) mass is 419 g/mol. The summed E-state index contributed by atoms with van der Waals surface area (Å²) in [5, 5.41) is 8.18. The van der Waals surface area contributed by atoms with Gasteiger partial charge in [0, 0.05) is 25.7 Å². The lowest BCUT2D eigenvalue weighted by Crippen LogP contribution is -2.39. The van der Waals surface area contributed by atoms with Gasteiger partial charge in [0.25, 0.3) is 0 Å². The molecule has 3 aromatic rings.